The highest BCUT2D eigenvalue weighted by Crippen LogP contribution is 2.26. The summed E-state index contributed by atoms with van der Waals surface area (Å²) in [5, 5.41) is 13.6. The minimum Gasteiger partial charge on any atom is -0.504 e. The fraction of sp³-hybridized carbons (Fsp3) is 0.176. The summed E-state index contributed by atoms with van der Waals surface area (Å²) in [7, 11) is 1.47. The van der Waals surface area contributed by atoms with Gasteiger partial charge in [-0.2, -0.15) is 5.10 Å². The van der Waals surface area contributed by atoms with Gasteiger partial charge in [0.15, 0.2) is 18.1 Å². The molecule has 2 aromatic carbocycles. The topological polar surface area (TPSA) is 80.2 Å². The number of rotatable bonds is 6. The second-order valence-corrected chi connectivity index (χ2v) is 4.72. The Kier molecular flexibility index (Phi) is 5.57. The molecule has 23 heavy (non-hydrogen) atoms. The first-order valence-corrected chi connectivity index (χ1v) is 6.98. The molecule has 6 heteroatoms. The highest BCUT2D eigenvalue weighted by atomic mass is 16.5. The van der Waals surface area contributed by atoms with Crippen LogP contribution in [0, 0.1) is 0 Å². The van der Waals surface area contributed by atoms with Crippen molar-refractivity contribution in [2.75, 3.05) is 13.7 Å². The summed E-state index contributed by atoms with van der Waals surface area (Å²) in [5.41, 5.74) is 3.73. The summed E-state index contributed by atoms with van der Waals surface area (Å²) in [4.78, 5) is 11.7. The molecule has 0 spiro atoms. The first-order chi connectivity index (χ1) is 11.1. The molecule has 0 aliphatic rings. The van der Waals surface area contributed by atoms with Crippen LogP contribution >= 0.6 is 0 Å². The number of phenolic OH excluding ortho intramolecular Hbond substituents is 1. The van der Waals surface area contributed by atoms with Gasteiger partial charge in [-0.3, -0.25) is 4.79 Å². The number of hydrogen-bond acceptors (Lipinski definition) is 5. The van der Waals surface area contributed by atoms with E-state index in [2.05, 4.69) is 10.5 Å². The van der Waals surface area contributed by atoms with Gasteiger partial charge < -0.3 is 14.6 Å². The molecular formula is C17H18N2O4. The normalized spacial score (nSPS) is 11.0. The number of benzene rings is 2. The molecular weight excluding hydrogens is 296 g/mol. The lowest BCUT2D eigenvalue weighted by Gasteiger charge is -2.07. The number of aromatic hydroxyl groups is 1. The quantitative estimate of drug-likeness (QED) is 0.633. The fourth-order valence-electron chi connectivity index (χ4n) is 1.81. The van der Waals surface area contributed by atoms with Crippen LogP contribution in [-0.4, -0.2) is 30.4 Å². The van der Waals surface area contributed by atoms with E-state index in [0.717, 1.165) is 5.56 Å². The lowest BCUT2D eigenvalue weighted by molar-refractivity contribution is -0.123. The van der Waals surface area contributed by atoms with Crippen LogP contribution in [0.15, 0.2) is 53.6 Å². The number of carbonyl (C=O) groups excluding carboxylic acids is 1. The van der Waals surface area contributed by atoms with Gasteiger partial charge in [0.25, 0.3) is 5.91 Å². The van der Waals surface area contributed by atoms with Gasteiger partial charge in [-0.15, -0.1) is 0 Å². The third kappa shape index (κ3) is 4.74. The molecule has 2 N–H and O–H groups in total. The number of carbonyl (C=O) groups is 1. The van der Waals surface area contributed by atoms with E-state index < -0.39 is 0 Å². The summed E-state index contributed by atoms with van der Waals surface area (Å²) in [5.74, 6) is 0.644. The maximum absolute atomic E-state index is 11.7. The first-order valence-electron chi connectivity index (χ1n) is 6.98. The van der Waals surface area contributed by atoms with E-state index in [0.29, 0.717) is 17.2 Å². The largest absolute Gasteiger partial charge is 0.504 e. The summed E-state index contributed by atoms with van der Waals surface area (Å²) in [6, 6.07) is 13.9. The predicted molar refractivity (Wildman–Crippen MR) is 86.9 cm³/mol. The van der Waals surface area contributed by atoms with Gasteiger partial charge in [0.1, 0.15) is 5.75 Å². The molecule has 0 atom stereocenters. The van der Waals surface area contributed by atoms with Crippen molar-refractivity contribution in [1.82, 2.24) is 5.43 Å². The lowest BCUT2D eigenvalue weighted by atomic mass is 10.1. The zero-order valence-corrected chi connectivity index (χ0v) is 12.9. The SMILES string of the molecule is COc1cc(/C(C)=N\NC(=O)COc2ccccc2)ccc1O. The summed E-state index contributed by atoms with van der Waals surface area (Å²) in [6.07, 6.45) is 0. The number of amides is 1. The van der Waals surface area contributed by atoms with Gasteiger partial charge in [0, 0.05) is 5.56 Å². The summed E-state index contributed by atoms with van der Waals surface area (Å²) >= 11 is 0. The molecule has 1 amide bonds. The molecule has 0 aliphatic carbocycles. The summed E-state index contributed by atoms with van der Waals surface area (Å²) < 4.78 is 10.4. The number of hydrazone groups is 1. The number of phenols is 1. The monoisotopic (exact) mass is 314 g/mol. The van der Waals surface area contributed by atoms with Crippen LogP contribution in [0.3, 0.4) is 0 Å². The van der Waals surface area contributed by atoms with Crippen LogP contribution in [0.4, 0.5) is 0 Å². The Balaban J connectivity index is 1.92. The van der Waals surface area contributed by atoms with Gasteiger partial charge in [-0.05, 0) is 37.3 Å². The van der Waals surface area contributed by atoms with Gasteiger partial charge in [0.05, 0.1) is 12.8 Å². The van der Waals surface area contributed by atoms with Gasteiger partial charge in [-0.25, -0.2) is 5.43 Å². The van der Waals surface area contributed by atoms with E-state index in [1.807, 2.05) is 18.2 Å². The van der Waals surface area contributed by atoms with Crippen molar-refractivity contribution in [1.29, 1.82) is 0 Å². The van der Waals surface area contributed by atoms with Crippen molar-refractivity contribution in [2.24, 2.45) is 5.10 Å². The molecule has 0 bridgehead atoms. The van der Waals surface area contributed by atoms with E-state index in [9.17, 15) is 9.90 Å². The maximum Gasteiger partial charge on any atom is 0.277 e. The molecule has 0 radical (unpaired) electrons. The second kappa shape index (κ2) is 7.84. The number of ether oxygens (including phenoxy) is 2. The minimum absolute atomic E-state index is 0.0457. The molecule has 120 valence electrons. The third-order valence-electron chi connectivity index (χ3n) is 3.06. The van der Waals surface area contributed by atoms with Crippen LogP contribution < -0.4 is 14.9 Å². The van der Waals surface area contributed by atoms with Crippen LogP contribution in [0.2, 0.25) is 0 Å². The Morgan fingerprint density at radius 2 is 1.96 bits per heavy atom. The molecule has 2 aromatic rings. The number of nitrogens with zero attached hydrogens (tertiary/aromatic N) is 1. The minimum atomic E-state index is -0.362. The Morgan fingerprint density at radius 1 is 1.22 bits per heavy atom. The Hall–Kier alpha value is -3.02. The van der Waals surface area contributed by atoms with Crippen molar-refractivity contribution < 1.29 is 19.4 Å². The maximum atomic E-state index is 11.7. The van der Waals surface area contributed by atoms with Crippen LogP contribution in [0.25, 0.3) is 0 Å². The predicted octanol–water partition coefficient (Wildman–Crippen LogP) is 2.32. The van der Waals surface area contributed by atoms with Gasteiger partial charge in [-0.1, -0.05) is 18.2 Å². The zero-order chi connectivity index (χ0) is 16.7. The van der Waals surface area contributed by atoms with E-state index in [1.54, 1.807) is 31.2 Å². The average molecular weight is 314 g/mol. The molecule has 0 saturated heterocycles. The van der Waals surface area contributed by atoms with Gasteiger partial charge in [0.2, 0.25) is 0 Å². The molecule has 0 aromatic heterocycles. The molecule has 0 aliphatic heterocycles. The number of methoxy groups -OCH3 is 1. The molecule has 2 rings (SSSR count). The van der Waals surface area contributed by atoms with Crippen molar-refractivity contribution in [3.8, 4) is 17.2 Å². The van der Waals surface area contributed by atoms with Gasteiger partial charge >= 0.3 is 0 Å². The third-order valence-corrected chi connectivity index (χ3v) is 3.06. The fourth-order valence-corrected chi connectivity index (χ4v) is 1.81. The van der Waals surface area contributed by atoms with Crippen LogP contribution in [0.5, 0.6) is 17.2 Å². The van der Waals surface area contributed by atoms with Crippen LogP contribution in [-0.2, 0) is 4.79 Å². The Bertz CT molecular complexity index is 699. The van der Waals surface area contributed by atoms with E-state index >= 15 is 0 Å². The molecule has 0 heterocycles. The van der Waals surface area contributed by atoms with Crippen molar-refractivity contribution in [3.63, 3.8) is 0 Å². The Morgan fingerprint density at radius 3 is 2.65 bits per heavy atom. The lowest BCUT2D eigenvalue weighted by Crippen LogP contribution is -2.25. The smallest absolute Gasteiger partial charge is 0.277 e. The second-order valence-electron chi connectivity index (χ2n) is 4.72. The van der Waals surface area contributed by atoms with E-state index in [4.69, 9.17) is 9.47 Å². The molecule has 0 saturated carbocycles. The first kappa shape index (κ1) is 16.4. The highest BCUT2D eigenvalue weighted by Gasteiger charge is 2.06. The van der Waals surface area contributed by atoms with E-state index in [-0.39, 0.29) is 18.3 Å². The molecule has 0 unspecified atom stereocenters. The van der Waals surface area contributed by atoms with Crippen molar-refractivity contribution >= 4 is 11.6 Å². The van der Waals surface area contributed by atoms with Crippen molar-refractivity contribution in [3.05, 3.63) is 54.1 Å². The van der Waals surface area contributed by atoms with Crippen LogP contribution in [0.1, 0.15) is 12.5 Å². The van der Waals surface area contributed by atoms with E-state index in [1.165, 1.54) is 13.2 Å². The number of nitrogens with one attached hydrogen (secondary N) is 1. The zero-order valence-electron chi connectivity index (χ0n) is 12.9. The Labute approximate surface area is 134 Å². The average Bonchev–Trinajstić information content (AvgIpc) is 2.59. The van der Waals surface area contributed by atoms with Crippen molar-refractivity contribution in [2.45, 2.75) is 6.92 Å². The summed E-state index contributed by atoms with van der Waals surface area (Å²) in [6.45, 7) is 1.61. The number of para-hydroxylation sites is 1. The highest BCUT2D eigenvalue weighted by molar-refractivity contribution is 5.99. The standard InChI is InChI=1S/C17H18N2O4/c1-12(13-8-9-15(20)16(10-13)22-2)18-19-17(21)11-23-14-6-4-3-5-7-14/h3-10,20H,11H2,1-2H3,(H,19,21)/b18-12-. The molecule has 6 nitrogen and oxygen atoms in total. The number of hydrogen-bond donors (Lipinski definition) is 2. The molecule has 0 fully saturated rings.